The molecule has 5 nitrogen and oxygen atoms in total. The SMILES string of the molecule is CN1CC(C2CC3(CC(C(F)F)N2)OCCc2cc(Cl)sc23)NN1. The van der Waals surface area contributed by atoms with Crippen LogP contribution in [0.3, 0.4) is 0 Å². The number of thiophene rings is 1. The predicted molar refractivity (Wildman–Crippen MR) is 89.3 cm³/mol. The van der Waals surface area contributed by atoms with E-state index < -0.39 is 18.1 Å². The average molecular weight is 379 g/mol. The molecule has 0 amide bonds. The molecule has 3 N–H and O–H groups in total. The second-order valence-electron chi connectivity index (χ2n) is 6.86. The van der Waals surface area contributed by atoms with Gasteiger partial charge in [0.25, 0.3) is 6.43 Å². The summed E-state index contributed by atoms with van der Waals surface area (Å²) in [6, 6.07) is 1.01. The first-order valence-corrected chi connectivity index (χ1v) is 9.35. The summed E-state index contributed by atoms with van der Waals surface area (Å²) < 4.78 is 34.0. The number of likely N-dealkylation sites (N-methyl/N-ethyl adjacent to an activating group) is 1. The van der Waals surface area contributed by atoms with E-state index in [4.69, 9.17) is 16.3 Å². The molecule has 9 heteroatoms. The molecular weight excluding hydrogens is 358 g/mol. The Labute approximate surface area is 148 Å². The zero-order valence-corrected chi connectivity index (χ0v) is 14.9. The Hall–Kier alpha value is -0.350. The van der Waals surface area contributed by atoms with Crippen molar-refractivity contribution < 1.29 is 13.5 Å². The molecule has 0 saturated carbocycles. The minimum atomic E-state index is -2.43. The van der Waals surface area contributed by atoms with E-state index in [1.807, 2.05) is 18.1 Å². The summed E-state index contributed by atoms with van der Waals surface area (Å²) in [5.41, 5.74) is 6.69. The highest BCUT2D eigenvalue weighted by Crippen LogP contribution is 2.48. The molecule has 1 aromatic heterocycles. The third kappa shape index (κ3) is 2.98. The smallest absolute Gasteiger partial charge is 0.253 e. The van der Waals surface area contributed by atoms with Crippen LogP contribution in [-0.2, 0) is 16.8 Å². The van der Waals surface area contributed by atoms with Crippen LogP contribution >= 0.6 is 22.9 Å². The number of nitrogens with zero attached hydrogens (tertiary/aromatic N) is 1. The van der Waals surface area contributed by atoms with Gasteiger partial charge < -0.3 is 10.1 Å². The zero-order valence-electron chi connectivity index (χ0n) is 13.3. The maximum atomic E-state index is 13.6. The summed E-state index contributed by atoms with van der Waals surface area (Å²) in [6.07, 6.45) is -0.695. The van der Waals surface area contributed by atoms with Gasteiger partial charge in [-0.05, 0) is 24.5 Å². The lowest BCUT2D eigenvalue weighted by molar-refractivity contribution is -0.113. The fraction of sp³-hybridized carbons (Fsp3) is 0.733. The molecule has 0 aromatic carbocycles. The van der Waals surface area contributed by atoms with Crippen molar-refractivity contribution in [1.29, 1.82) is 0 Å². The molecule has 4 rings (SSSR count). The Balaban J connectivity index is 1.67. The van der Waals surface area contributed by atoms with E-state index in [-0.39, 0.29) is 18.5 Å². The second-order valence-corrected chi connectivity index (χ2v) is 8.55. The van der Waals surface area contributed by atoms with Crippen molar-refractivity contribution in [1.82, 2.24) is 21.3 Å². The van der Waals surface area contributed by atoms with Crippen LogP contribution in [0.25, 0.3) is 0 Å². The van der Waals surface area contributed by atoms with Gasteiger partial charge in [-0.15, -0.1) is 11.3 Å². The van der Waals surface area contributed by atoms with Crippen molar-refractivity contribution in [3.05, 3.63) is 20.8 Å². The first-order valence-electron chi connectivity index (χ1n) is 8.16. The molecule has 4 atom stereocenters. The second kappa shape index (κ2) is 6.42. The summed E-state index contributed by atoms with van der Waals surface area (Å²) >= 11 is 7.68. The van der Waals surface area contributed by atoms with Gasteiger partial charge in [-0.3, -0.25) is 0 Å². The van der Waals surface area contributed by atoms with Crippen molar-refractivity contribution in [2.24, 2.45) is 0 Å². The van der Waals surface area contributed by atoms with E-state index in [1.54, 1.807) is 0 Å². The molecule has 0 radical (unpaired) electrons. The highest BCUT2D eigenvalue weighted by molar-refractivity contribution is 7.16. The highest BCUT2D eigenvalue weighted by Gasteiger charge is 2.50. The minimum Gasteiger partial charge on any atom is -0.369 e. The predicted octanol–water partition coefficient (Wildman–Crippen LogP) is 1.88. The molecular formula is C15H21ClF2N4OS. The van der Waals surface area contributed by atoms with E-state index in [1.165, 1.54) is 11.3 Å². The van der Waals surface area contributed by atoms with Crippen molar-refractivity contribution in [3.8, 4) is 0 Å². The Bertz CT molecular complexity index is 618. The quantitative estimate of drug-likeness (QED) is 0.733. The van der Waals surface area contributed by atoms with Crippen molar-refractivity contribution in [2.45, 2.75) is 49.4 Å². The van der Waals surface area contributed by atoms with Gasteiger partial charge in [0, 0.05) is 30.9 Å². The third-order valence-corrected chi connectivity index (χ3v) is 6.66. The normalized spacial score (nSPS) is 37.3. The molecule has 4 unspecified atom stereocenters. The number of hydrogen-bond acceptors (Lipinski definition) is 6. The van der Waals surface area contributed by atoms with E-state index in [9.17, 15) is 8.78 Å². The van der Waals surface area contributed by atoms with Crippen LogP contribution in [0.4, 0.5) is 8.78 Å². The van der Waals surface area contributed by atoms with Gasteiger partial charge in [-0.1, -0.05) is 11.6 Å². The van der Waals surface area contributed by atoms with Gasteiger partial charge in [0.15, 0.2) is 0 Å². The maximum absolute atomic E-state index is 13.6. The molecule has 0 bridgehead atoms. The number of ether oxygens (including phenoxy) is 1. The van der Waals surface area contributed by atoms with E-state index in [2.05, 4.69) is 16.3 Å². The Kier molecular flexibility index (Phi) is 4.57. The molecule has 0 aliphatic carbocycles. The van der Waals surface area contributed by atoms with Crippen LogP contribution < -0.4 is 16.3 Å². The van der Waals surface area contributed by atoms with Gasteiger partial charge in [0.05, 0.1) is 23.0 Å². The summed E-state index contributed by atoms with van der Waals surface area (Å²) in [6.45, 7) is 1.29. The van der Waals surface area contributed by atoms with Crippen LogP contribution in [0.2, 0.25) is 4.34 Å². The standard InChI is InChI=1S/C15H21ClF2N4OS/c1-22-7-11(20-21-22)9-5-15(6-10(19-9)14(17)18)13-8(2-3-23-15)4-12(16)24-13/h4,9-11,14,19-21H,2-3,5-7H2,1H3. The van der Waals surface area contributed by atoms with Gasteiger partial charge in [-0.25, -0.2) is 19.2 Å². The van der Waals surface area contributed by atoms with Crippen LogP contribution in [0, 0.1) is 0 Å². The van der Waals surface area contributed by atoms with Gasteiger partial charge in [0.1, 0.15) is 5.60 Å². The fourth-order valence-corrected chi connectivity index (χ4v) is 5.57. The lowest BCUT2D eigenvalue weighted by Gasteiger charge is -2.47. The topological polar surface area (TPSA) is 48.6 Å². The molecule has 4 heterocycles. The molecule has 3 aliphatic heterocycles. The van der Waals surface area contributed by atoms with Crippen molar-refractivity contribution >= 4 is 22.9 Å². The largest absolute Gasteiger partial charge is 0.369 e. The number of rotatable bonds is 2. The molecule has 1 spiro atoms. The highest BCUT2D eigenvalue weighted by atomic mass is 35.5. The number of halogens is 3. The number of fused-ring (bicyclic) bond motifs is 2. The Morgan fingerprint density at radius 1 is 1.42 bits per heavy atom. The first-order chi connectivity index (χ1) is 11.5. The summed E-state index contributed by atoms with van der Waals surface area (Å²) in [5, 5.41) is 5.05. The van der Waals surface area contributed by atoms with Gasteiger partial charge in [0.2, 0.25) is 0 Å². The van der Waals surface area contributed by atoms with Crippen LogP contribution in [0.1, 0.15) is 23.3 Å². The van der Waals surface area contributed by atoms with E-state index in [0.29, 0.717) is 17.4 Å². The molecule has 1 aromatic rings. The molecule has 2 saturated heterocycles. The Morgan fingerprint density at radius 2 is 2.25 bits per heavy atom. The number of nitrogens with one attached hydrogen (secondary N) is 3. The van der Waals surface area contributed by atoms with E-state index >= 15 is 0 Å². The van der Waals surface area contributed by atoms with Gasteiger partial charge >= 0.3 is 0 Å². The summed E-state index contributed by atoms with van der Waals surface area (Å²) in [7, 11) is 1.92. The van der Waals surface area contributed by atoms with E-state index in [0.717, 1.165) is 23.4 Å². The van der Waals surface area contributed by atoms with Crippen molar-refractivity contribution in [3.63, 3.8) is 0 Å². The lowest BCUT2D eigenvalue weighted by atomic mass is 9.78. The number of hydrogen-bond donors (Lipinski definition) is 3. The van der Waals surface area contributed by atoms with Crippen LogP contribution in [0.5, 0.6) is 0 Å². The molecule has 2 fully saturated rings. The minimum absolute atomic E-state index is 0.0397. The fourth-order valence-electron chi connectivity index (χ4n) is 4.11. The van der Waals surface area contributed by atoms with Gasteiger partial charge in [-0.2, -0.15) is 5.53 Å². The summed E-state index contributed by atoms with van der Waals surface area (Å²) in [4.78, 5) is 1.04. The number of hydrazine groups is 2. The van der Waals surface area contributed by atoms with Crippen LogP contribution in [0.15, 0.2) is 6.07 Å². The molecule has 134 valence electrons. The average Bonchev–Trinajstić information content (AvgIpc) is 3.13. The molecule has 3 aliphatic rings. The molecule has 24 heavy (non-hydrogen) atoms. The zero-order chi connectivity index (χ0) is 16.9. The monoisotopic (exact) mass is 378 g/mol. The summed E-state index contributed by atoms with van der Waals surface area (Å²) in [5.74, 6) is 0. The maximum Gasteiger partial charge on any atom is 0.253 e. The Morgan fingerprint density at radius 3 is 2.96 bits per heavy atom. The number of piperidine rings is 1. The lowest BCUT2D eigenvalue weighted by Crippen LogP contribution is -2.62. The number of alkyl halides is 2. The third-order valence-electron chi connectivity index (χ3n) is 5.17. The first kappa shape index (κ1) is 17.1. The van der Waals surface area contributed by atoms with Crippen molar-refractivity contribution in [2.75, 3.05) is 20.2 Å². The van der Waals surface area contributed by atoms with Crippen LogP contribution in [-0.4, -0.2) is 49.8 Å².